The van der Waals surface area contributed by atoms with Crippen LogP contribution in [0.25, 0.3) is 0 Å². The Balaban J connectivity index is 4.62. The molecule has 0 rings (SSSR count). The van der Waals surface area contributed by atoms with E-state index in [0.717, 1.165) is 6.42 Å². The Kier molecular flexibility index (Phi) is 4.64. The largest absolute Gasteiger partial charge is 0.326 e. The lowest BCUT2D eigenvalue weighted by molar-refractivity contribution is 0.420. The molecule has 0 aromatic heterocycles. The molecule has 82 valence electrons. The van der Waals surface area contributed by atoms with Gasteiger partial charge in [0.25, 0.3) is 0 Å². The van der Waals surface area contributed by atoms with E-state index in [4.69, 9.17) is 5.73 Å². The molecule has 0 bridgehead atoms. The average Bonchev–Trinajstić information content (AvgIpc) is 1.93. The average molecular weight is 195 g/mol. The highest BCUT2D eigenvalue weighted by atomic mass is 14.5. The third-order valence-corrected chi connectivity index (χ3v) is 2.10. The molecule has 1 nitrogen and oxygen atoms in total. The van der Waals surface area contributed by atoms with Crippen molar-refractivity contribution in [3.63, 3.8) is 0 Å². The fourth-order valence-electron chi connectivity index (χ4n) is 1.06. The van der Waals surface area contributed by atoms with Gasteiger partial charge in [0.2, 0.25) is 0 Å². The Bertz CT molecular complexity index is 229. The van der Waals surface area contributed by atoms with Gasteiger partial charge in [-0.15, -0.1) is 5.73 Å². The van der Waals surface area contributed by atoms with Gasteiger partial charge in [-0.05, 0) is 28.9 Å². The quantitative estimate of drug-likeness (QED) is 0.670. The second-order valence-corrected chi connectivity index (χ2v) is 6.05. The highest BCUT2D eigenvalue weighted by molar-refractivity contribution is 5.11. The van der Waals surface area contributed by atoms with E-state index in [1.165, 1.54) is 5.57 Å². The van der Waals surface area contributed by atoms with Gasteiger partial charge in [0, 0.05) is 6.54 Å². The SMILES string of the molecule is CC(C)(C)CC=C=C(CN)C(C)(C)C. The van der Waals surface area contributed by atoms with Crippen LogP contribution in [0.3, 0.4) is 0 Å². The lowest BCUT2D eigenvalue weighted by atomic mass is 9.86. The minimum Gasteiger partial charge on any atom is -0.326 e. The second-order valence-electron chi connectivity index (χ2n) is 6.05. The molecule has 0 radical (unpaired) electrons. The lowest BCUT2D eigenvalue weighted by Crippen LogP contribution is -2.17. The van der Waals surface area contributed by atoms with Gasteiger partial charge in [-0.1, -0.05) is 41.5 Å². The zero-order chi connectivity index (χ0) is 11.4. The van der Waals surface area contributed by atoms with Crippen LogP contribution in [0.1, 0.15) is 48.0 Å². The predicted octanol–water partition coefficient (Wildman–Crippen LogP) is 3.51. The first-order chi connectivity index (χ1) is 6.17. The minimum absolute atomic E-state index is 0.142. The van der Waals surface area contributed by atoms with Gasteiger partial charge in [0.15, 0.2) is 0 Å². The molecule has 14 heavy (non-hydrogen) atoms. The van der Waals surface area contributed by atoms with Crippen molar-refractivity contribution in [2.45, 2.75) is 48.0 Å². The van der Waals surface area contributed by atoms with Crippen LogP contribution in [0.2, 0.25) is 0 Å². The van der Waals surface area contributed by atoms with Crippen LogP contribution < -0.4 is 5.73 Å². The molecule has 0 spiro atoms. The summed E-state index contributed by atoms with van der Waals surface area (Å²) >= 11 is 0. The summed E-state index contributed by atoms with van der Waals surface area (Å²) in [6.07, 6.45) is 3.17. The summed E-state index contributed by atoms with van der Waals surface area (Å²) in [5.41, 5.74) is 10.7. The van der Waals surface area contributed by atoms with Crippen molar-refractivity contribution in [3.8, 4) is 0 Å². The van der Waals surface area contributed by atoms with E-state index in [2.05, 4.69) is 53.3 Å². The van der Waals surface area contributed by atoms with Gasteiger partial charge in [-0.25, -0.2) is 0 Å². The van der Waals surface area contributed by atoms with E-state index in [0.29, 0.717) is 12.0 Å². The second kappa shape index (κ2) is 4.82. The molecule has 0 heterocycles. The number of rotatable bonds is 2. The van der Waals surface area contributed by atoms with Crippen molar-refractivity contribution in [1.29, 1.82) is 0 Å². The van der Waals surface area contributed by atoms with Crippen molar-refractivity contribution in [1.82, 2.24) is 0 Å². The maximum Gasteiger partial charge on any atom is 0.0218 e. The summed E-state index contributed by atoms with van der Waals surface area (Å²) in [5, 5.41) is 0. The van der Waals surface area contributed by atoms with Crippen LogP contribution in [0.15, 0.2) is 17.4 Å². The minimum atomic E-state index is 0.142. The summed E-state index contributed by atoms with van der Waals surface area (Å²) in [4.78, 5) is 0. The molecule has 2 N–H and O–H groups in total. The van der Waals surface area contributed by atoms with Crippen LogP contribution in [0.5, 0.6) is 0 Å². The van der Waals surface area contributed by atoms with Crippen molar-refractivity contribution >= 4 is 0 Å². The van der Waals surface area contributed by atoms with Gasteiger partial charge in [0.1, 0.15) is 0 Å². The Morgan fingerprint density at radius 3 is 1.93 bits per heavy atom. The summed E-state index contributed by atoms with van der Waals surface area (Å²) < 4.78 is 0. The molecule has 0 aliphatic heterocycles. The molecular formula is C13H25N. The summed E-state index contributed by atoms with van der Waals surface area (Å²) in [7, 11) is 0. The van der Waals surface area contributed by atoms with E-state index >= 15 is 0 Å². The van der Waals surface area contributed by atoms with Gasteiger partial charge in [-0.2, -0.15) is 0 Å². The molecule has 1 heteroatoms. The van der Waals surface area contributed by atoms with Gasteiger partial charge in [-0.3, -0.25) is 0 Å². The highest BCUT2D eigenvalue weighted by Crippen LogP contribution is 2.24. The molecule has 0 unspecified atom stereocenters. The standard InChI is InChI=1S/C13H25N/c1-12(2,3)9-7-8-11(10-14)13(4,5)6/h7H,9-10,14H2,1-6H3. The first-order valence-electron chi connectivity index (χ1n) is 5.31. The molecule has 0 amide bonds. The lowest BCUT2D eigenvalue weighted by Gasteiger charge is -2.19. The Morgan fingerprint density at radius 1 is 1.14 bits per heavy atom. The van der Waals surface area contributed by atoms with Crippen molar-refractivity contribution in [2.24, 2.45) is 16.6 Å². The number of hydrogen-bond acceptors (Lipinski definition) is 1. The van der Waals surface area contributed by atoms with E-state index < -0.39 is 0 Å². The molecule has 0 atom stereocenters. The molecule has 0 fully saturated rings. The molecule has 0 aliphatic rings. The summed E-state index contributed by atoms with van der Waals surface area (Å²) in [6.45, 7) is 13.8. The maximum atomic E-state index is 5.69. The zero-order valence-electron chi connectivity index (χ0n) is 10.6. The van der Waals surface area contributed by atoms with Crippen molar-refractivity contribution in [2.75, 3.05) is 6.54 Å². The molecule has 0 aromatic rings. The predicted molar refractivity (Wildman–Crippen MR) is 64.2 cm³/mol. The molecular weight excluding hydrogens is 170 g/mol. The molecule has 0 saturated heterocycles. The first kappa shape index (κ1) is 13.5. The normalized spacial score (nSPS) is 12.2. The Morgan fingerprint density at radius 2 is 1.64 bits per heavy atom. The monoisotopic (exact) mass is 195 g/mol. The fraction of sp³-hybridized carbons (Fsp3) is 0.769. The van der Waals surface area contributed by atoms with Crippen molar-refractivity contribution < 1.29 is 0 Å². The summed E-state index contributed by atoms with van der Waals surface area (Å²) in [5.74, 6) is 0. The van der Waals surface area contributed by atoms with Gasteiger partial charge in [0.05, 0.1) is 0 Å². The van der Waals surface area contributed by atoms with E-state index in [1.807, 2.05) is 0 Å². The molecule has 0 aromatic carbocycles. The highest BCUT2D eigenvalue weighted by Gasteiger charge is 2.14. The van der Waals surface area contributed by atoms with Crippen molar-refractivity contribution in [3.05, 3.63) is 17.4 Å². The van der Waals surface area contributed by atoms with E-state index in [1.54, 1.807) is 0 Å². The zero-order valence-corrected chi connectivity index (χ0v) is 10.6. The third-order valence-electron chi connectivity index (χ3n) is 2.10. The van der Waals surface area contributed by atoms with E-state index in [9.17, 15) is 0 Å². The Hall–Kier alpha value is -0.520. The van der Waals surface area contributed by atoms with Gasteiger partial charge < -0.3 is 5.73 Å². The van der Waals surface area contributed by atoms with Crippen LogP contribution in [-0.2, 0) is 0 Å². The third kappa shape index (κ3) is 6.01. The first-order valence-corrected chi connectivity index (χ1v) is 5.31. The van der Waals surface area contributed by atoms with Crippen LogP contribution in [0, 0.1) is 10.8 Å². The molecule has 0 saturated carbocycles. The number of nitrogens with two attached hydrogens (primary N) is 1. The summed E-state index contributed by atoms with van der Waals surface area (Å²) in [6, 6.07) is 0. The van der Waals surface area contributed by atoms with Crippen LogP contribution in [0.4, 0.5) is 0 Å². The van der Waals surface area contributed by atoms with Crippen LogP contribution >= 0.6 is 0 Å². The smallest absolute Gasteiger partial charge is 0.0218 e. The fourth-order valence-corrected chi connectivity index (χ4v) is 1.06. The number of hydrogen-bond donors (Lipinski definition) is 1. The topological polar surface area (TPSA) is 26.0 Å². The molecule has 0 aliphatic carbocycles. The maximum absolute atomic E-state index is 5.69. The van der Waals surface area contributed by atoms with Gasteiger partial charge >= 0.3 is 0 Å². The van der Waals surface area contributed by atoms with Crippen LogP contribution in [-0.4, -0.2) is 6.54 Å². The Labute approximate surface area is 89.1 Å². The van der Waals surface area contributed by atoms with E-state index in [-0.39, 0.29) is 5.41 Å².